The highest BCUT2D eigenvalue weighted by Gasteiger charge is 2.25. The Morgan fingerprint density at radius 1 is 1.15 bits per heavy atom. The van der Waals surface area contributed by atoms with Gasteiger partial charge in [-0.1, -0.05) is 27.5 Å². The van der Waals surface area contributed by atoms with Gasteiger partial charge in [0.25, 0.3) is 11.6 Å². The van der Waals surface area contributed by atoms with Gasteiger partial charge in [-0.3, -0.25) is 14.9 Å². The minimum Gasteiger partial charge on any atom is -0.457 e. The van der Waals surface area contributed by atoms with E-state index in [0.717, 1.165) is 21.3 Å². The Hall–Kier alpha value is -2.40. The molecule has 0 unspecified atom stereocenters. The van der Waals surface area contributed by atoms with Crippen LogP contribution in [0.25, 0.3) is 17.4 Å². The average molecular weight is 612 g/mol. The Morgan fingerprint density at radius 3 is 2.52 bits per heavy atom. The lowest BCUT2D eigenvalue weighted by Gasteiger charge is -2.04. The van der Waals surface area contributed by atoms with Gasteiger partial charge in [0, 0.05) is 22.2 Å². The third-order valence-electron chi connectivity index (χ3n) is 4.69. The van der Waals surface area contributed by atoms with Crippen molar-refractivity contribution in [2.75, 3.05) is 0 Å². The highest BCUT2D eigenvalue weighted by Crippen LogP contribution is 2.38. The van der Waals surface area contributed by atoms with Crippen molar-refractivity contribution in [3.05, 3.63) is 82.3 Å². The highest BCUT2D eigenvalue weighted by molar-refractivity contribution is 9.11. The van der Waals surface area contributed by atoms with E-state index in [1.807, 2.05) is 26.0 Å². The zero-order valence-electron chi connectivity index (χ0n) is 17.1. The number of benzene rings is 2. The third-order valence-corrected chi connectivity index (χ3v) is 8.21. The summed E-state index contributed by atoms with van der Waals surface area (Å²) in [7, 11) is 0. The van der Waals surface area contributed by atoms with E-state index in [1.165, 1.54) is 17.8 Å². The van der Waals surface area contributed by atoms with Gasteiger partial charge in [0.05, 0.1) is 20.5 Å². The van der Waals surface area contributed by atoms with Crippen LogP contribution < -0.4 is 5.32 Å². The monoisotopic (exact) mass is 609 g/mol. The number of hydrogen-bond acceptors (Lipinski definition) is 6. The fourth-order valence-corrected chi connectivity index (χ4v) is 4.79. The summed E-state index contributed by atoms with van der Waals surface area (Å²) in [4.78, 5) is 28.1. The number of nitro benzene ring substituents is 1. The van der Waals surface area contributed by atoms with Crippen LogP contribution in [0.5, 0.6) is 0 Å². The summed E-state index contributed by atoms with van der Waals surface area (Å²) in [5.41, 5.74) is 3.13. The molecule has 11 heteroatoms. The van der Waals surface area contributed by atoms with Gasteiger partial charge < -0.3 is 9.73 Å². The fourth-order valence-electron chi connectivity index (χ4n) is 3.15. The molecule has 0 aliphatic carbocycles. The molecule has 1 aliphatic heterocycles. The summed E-state index contributed by atoms with van der Waals surface area (Å²) < 4.78 is 7.03. The van der Waals surface area contributed by atoms with Gasteiger partial charge in [-0.05, 0) is 83.0 Å². The molecule has 3 aromatic rings. The number of nitro groups is 1. The van der Waals surface area contributed by atoms with Crippen LogP contribution in [0.15, 0.2) is 59.7 Å². The summed E-state index contributed by atoms with van der Waals surface area (Å²) in [6.07, 6.45) is 1.60. The van der Waals surface area contributed by atoms with E-state index >= 15 is 0 Å². The molecule has 1 fully saturated rings. The summed E-state index contributed by atoms with van der Waals surface area (Å²) in [5, 5.41) is 14.7. The number of carbonyl (C=O) groups excluding carboxylic acids is 1. The van der Waals surface area contributed by atoms with Gasteiger partial charge in [0.15, 0.2) is 5.17 Å². The second kappa shape index (κ2) is 9.46. The first-order valence-electron chi connectivity index (χ1n) is 9.42. The van der Waals surface area contributed by atoms with Crippen molar-refractivity contribution in [3.63, 3.8) is 0 Å². The minimum absolute atomic E-state index is 0.168. The van der Waals surface area contributed by atoms with Crippen molar-refractivity contribution < 1.29 is 14.1 Å². The normalized spacial score (nSPS) is 16.0. The van der Waals surface area contributed by atoms with Gasteiger partial charge in [0.2, 0.25) is 0 Å². The minimum atomic E-state index is -0.528. The molecule has 33 heavy (non-hydrogen) atoms. The predicted octanol–water partition coefficient (Wildman–Crippen LogP) is 7.54. The quantitative estimate of drug-likeness (QED) is 0.187. The number of furan rings is 1. The Labute approximate surface area is 214 Å². The molecule has 2 aromatic carbocycles. The molecule has 0 saturated carbocycles. The molecule has 4 rings (SSSR count). The molecule has 0 bridgehead atoms. The maximum atomic E-state index is 12.4. The lowest BCUT2D eigenvalue weighted by molar-refractivity contribution is -0.385. The molecular weight excluding hydrogens is 598 g/mol. The van der Waals surface area contributed by atoms with E-state index in [1.54, 1.807) is 24.3 Å². The summed E-state index contributed by atoms with van der Waals surface area (Å²) in [6, 6.07) is 10.1. The van der Waals surface area contributed by atoms with Crippen molar-refractivity contribution in [3.8, 4) is 11.3 Å². The van der Waals surface area contributed by atoms with Gasteiger partial charge in [0.1, 0.15) is 16.0 Å². The van der Waals surface area contributed by atoms with Gasteiger partial charge in [-0.25, -0.2) is 4.99 Å². The van der Waals surface area contributed by atoms with Gasteiger partial charge in [-0.15, -0.1) is 0 Å². The topological polar surface area (TPSA) is 97.7 Å². The van der Waals surface area contributed by atoms with Crippen molar-refractivity contribution in [1.29, 1.82) is 0 Å². The molecule has 0 radical (unpaired) electrons. The number of aliphatic imine (C=N–C) groups is 1. The lowest BCUT2D eigenvalue weighted by Crippen LogP contribution is -2.19. The number of hydrogen-bond donors (Lipinski definition) is 1. The molecule has 1 N–H and O–H groups in total. The van der Waals surface area contributed by atoms with Crippen LogP contribution in [0.2, 0.25) is 5.02 Å². The second-order valence-corrected chi connectivity index (χ2v) is 10.1. The highest BCUT2D eigenvalue weighted by atomic mass is 79.9. The zero-order valence-corrected chi connectivity index (χ0v) is 21.9. The van der Waals surface area contributed by atoms with E-state index in [2.05, 4.69) is 42.2 Å². The van der Waals surface area contributed by atoms with E-state index in [4.69, 9.17) is 16.0 Å². The molecule has 1 aromatic heterocycles. The second-order valence-electron chi connectivity index (χ2n) is 7.13. The van der Waals surface area contributed by atoms with Crippen LogP contribution in [0.3, 0.4) is 0 Å². The Kier molecular flexibility index (Phi) is 6.81. The van der Waals surface area contributed by atoms with Crippen molar-refractivity contribution in [2.24, 2.45) is 4.99 Å². The summed E-state index contributed by atoms with van der Waals surface area (Å²) in [6.45, 7) is 3.96. The van der Waals surface area contributed by atoms with Crippen LogP contribution in [0, 0.1) is 24.0 Å². The van der Waals surface area contributed by atoms with Gasteiger partial charge in [-0.2, -0.15) is 0 Å². The zero-order chi connectivity index (χ0) is 23.9. The van der Waals surface area contributed by atoms with Crippen LogP contribution >= 0.6 is 55.2 Å². The number of carbonyl (C=O) groups is 1. The fraction of sp³-hybridized carbons (Fsp3) is 0.0909. The van der Waals surface area contributed by atoms with Crippen molar-refractivity contribution >= 4 is 83.7 Å². The SMILES string of the molecule is Cc1cc(N=C2NC(=O)/C(=C/c3ccc(-c4cc(Cl)c(Br)c([N+](=O)[O-])c4)o3)S2)cc(C)c1Br. The largest absolute Gasteiger partial charge is 0.457 e. The molecule has 1 aliphatic rings. The first kappa shape index (κ1) is 23.7. The molecule has 168 valence electrons. The Morgan fingerprint density at radius 2 is 1.85 bits per heavy atom. The van der Waals surface area contributed by atoms with E-state index in [-0.39, 0.29) is 21.1 Å². The van der Waals surface area contributed by atoms with Crippen molar-refractivity contribution in [2.45, 2.75) is 13.8 Å². The average Bonchev–Trinajstić information content (AvgIpc) is 3.34. The predicted molar refractivity (Wildman–Crippen MR) is 138 cm³/mol. The van der Waals surface area contributed by atoms with Crippen LogP contribution in [0.1, 0.15) is 16.9 Å². The smallest absolute Gasteiger partial charge is 0.285 e. The molecule has 1 amide bonds. The van der Waals surface area contributed by atoms with E-state index in [0.29, 0.717) is 27.2 Å². The Bertz CT molecular complexity index is 1360. The number of rotatable bonds is 4. The summed E-state index contributed by atoms with van der Waals surface area (Å²) >= 11 is 14.0. The molecular formula is C22H14Br2ClN3O4S. The molecule has 7 nitrogen and oxygen atoms in total. The number of nitrogens with zero attached hydrogens (tertiary/aromatic N) is 2. The maximum Gasteiger partial charge on any atom is 0.285 e. The first-order valence-corrected chi connectivity index (χ1v) is 12.2. The van der Waals surface area contributed by atoms with Crippen molar-refractivity contribution in [1.82, 2.24) is 5.32 Å². The number of amidine groups is 1. The number of nitrogens with one attached hydrogen (secondary N) is 1. The number of thioether (sulfide) groups is 1. The van der Waals surface area contributed by atoms with E-state index in [9.17, 15) is 14.9 Å². The van der Waals surface area contributed by atoms with E-state index < -0.39 is 4.92 Å². The Balaban J connectivity index is 1.59. The number of amides is 1. The van der Waals surface area contributed by atoms with Crippen LogP contribution in [0.4, 0.5) is 11.4 Å². The summed E-state index contributed by atoms with van der Waals surface area (Å²) in [5.74, 6) is 0.517. The molecule has 2 heterocycles. The number of halogens is 3. The lowest BCUT2D eigenvalue weighted by atomic mass is 10.1. The number of aryl methyl sites for hydroxylation is 2. The standard InChI is InChI=1S/C22H14Br2ClN3O4S/c1-10-5-13(6-11(2)19(10)23)26-22-27-21(29)18(33-22)9-14-3-4-17(32-14)12-7-15(25)20(24)16(8-12)28(30)31/h3-9H,1-2H3,(H,26,27,29)/b18-9-. The van der Waals surface area contributed by atoms with Crippen LogP contribution in [-0.4, -0.2) is 16.0 Å². The van der Waals surface area contributed by atoms with Gasteiger partial charge >= 0.3 is 0 Å². The molecule has 0 spiro atoms. The van der Waals surface area contributed by atoms with Crippen LogP contribution in [-0.2, 0) is 4.79 Å². The maximum absolute atomic E-state index is 12.4. The third kappa shape index (κ3) is 5.08. The first-order chi connectivity index (χ1) is 15.6. The molecule has 0 atom stereocenters. The molecule has 1 saturated heterocycles.